The van der Waals surface area contributed by atoms with E-state index in [0.717, 1.165) is 32.7 Å². The topological polar surface area (TPSA) is 36.0 Å². The van der Waals surface area contributed by atoms with Crippen LogP contribution in [0.4, 0.5) is 0 Å². The molecule has 1 aromatic carbocycles. The Labute approximate surface area is 181 Å². The molecule has 3 saturated heterocycles. The molecular formula is C25H37N3O2. The molecule has 30 heavy (non-hydrogen) atoms. The summed E-state index contributed by atoms with van der Waals surface area (Å²) in [5, 5.41) is 0. The van der Waals surface area contributed by atoms with Gasteiger partial charge in [-0.25, -0.2) is 0 Å². The van der Waals surface area contributed by atoms with E-state index in [-0.39, 0.29) is 5.41 Å². The zero-order chi connectivity index (χ0) is 20.7. The number of hydrogen-bond donors (Lipinski definition) is 0. The van der Waals surface area contributed by atoms with Gasteiger partial charge in [-0.3, -0.25) is 14.6 Å². The number of ether oxygens (including phenoxy) is 1. The van der Waals surface area contributed by atoms with Crippen molar-refractivity contribution in [3.8, 4) is 0 Å². The first-order chi connectivity index (χ1) is 14.6. The molecule has 5 heteroatoms. The number of likely N-dealkylation sites (N-methyl/N-ethyl adjacent to an activating group) is 1. The van der Waals surface area contributed by atoms with Crippen molar-refractivity contribution in [1.82, 2.24) is 14.7 Å². The monoisotopic (exact) mass is 411 g/mol. The van der Waals surface area contributed by atoms with Crippen LogP contribution < -0.4 is 0 Å². The number of piperidine rings is 1. The Morgan fingerprint density at radius 1 is 1.10 bits per heavy atom. The second-order valence-electron chi connectivity index (χ2n) is 10.2. The highest BCUT2D eigenvalue weighted by atomic mass is 16.5. The first kappa shape index (κ1) is 20.5. The van der Waals surface area contributed by atoms with Crippen LogP contribution >= 0.6 is 0 Å². The number of carbonyl (C=O) groups excluding carboxylic acids is 1. The number of benzene rings is 1. The predicted molar refractivity (Wildman–Crippen MR) is 118 cm³/mol. The molecule has 0 aromatic heterocycles. The van der Waals surface area contributed by atoms with Crippen molar-refractivity contribution >= 4 is 5.91 Å². The fraction of sp³-hybridized carbons (Fsp3) is 0.720. The minimum Gasteiger partial charge on any atom is -0.379 e. The molecular weight excluding hydrogens is 374 g/mol. The molecule has 1 saturated carbocycles. The van der Waals surface area contributed by atoms with E-state index < -0.39 is 0 Å². The Kier molecular flexibility index (Phi) is 5.63. The Morgan fingerprint density at radius 2 is 1.80 bits per heavy atom. The SMILES string of the molecule is CN1[C@@H](Cc2ccccc2)[C@@H]2C[C@@]3(C)[C@H](CCCC[C@@H]13)N2C(=O)CN1CCOCC1. The molecule has 5 nitrogen and oxygen atoms in total. The fourth-order valence-corrected chi connectivity index (χ4v) is 7.09. The van der Waals surface area contributed by atoms with Crippen molar-refractivity contribution in [1.29, 1.82) is 0 Å². The summed E-state index contributed by atoms with van der Waals surface area (Å²) >= 11 is 0. The van der Waals surface area contributed by atoms with Gasteiger partial charge in [0.1, 0.15) is 0 Å². The van der Waals surface area contributed by atoms with E-state index in [0.29, 0.717) is 36.6 Å². The van der Waals surface area contributed by atoms with Crippen molar-refractivity contribution < 1.29 is 9.53 Å². The highest BCUT2D eigenvalue weighted by Crippen LogP contribution is 2.55. The number of hydrogen-bond acceptors (Lipinski definition) is 4. The number of nitrogens with zero attached hydrogens (tertiary/aromatic N) is 3. The van der Waals surface area contributed by atoms with Gasteiger partial charge in [0.15, 0.2) is 0 Å². The van der Waals surface area contributed by atoms with Crippen molar-refractivity contribution in [2.45, 2.75) is 69.6 Å². The van der Waals surface area contributed by atoms with E-state index >= 15 is 0 Å². The highest BCUT2D eigenvalue weighted by molar-refractivity contribution is 5.80. The van der Waals surface area contributed by atoms with Crippen LogP contribution in [0.3, 0.4) is 0 Å². The summed E-state index contributed by atoms with van der Waals surface area (Å²) in [6, 6.07) is 12.6. The van der Waals surface area contributed by atoms with Crippen LogP contribution in [0.2, 0.25) is 0 Å². The third-order valence-electron chi connectivity index (χ3n) is 8.57. The number of carbonyl (C=O) groups is 1. The molecule has 4 fully saturated rings. The summed E-state index contributed by atoms with van der Waals surface area (Å²) in [6.45, 7) is 6.29. The standard InChI is InChI=1S/C25H37N3O2/c1-25-17-21-20(16-19-8-4-3-5-9-19)26(2)22(25)10-6-7-11-23(25)28(21)24(29)18-27-12-14-30-15-13-27/h3-5,8-9,20-23H,6-7,10-18H2,1-2H3/t20-,21-,22+,23-,25+/m0/s1. The first-order valence-electron chi connectivity index (χ1n) is 11.9. The van der Waals surface area contributed by atoms with Crippen molar-refractivity contribution in [2.75, 3.05) is 39.9 Å². The molecule has 0 N–H and O–H groups in total. The normalized spacial score (nSPS) is 37.2. The molecule has 3 heterocycles. The van der Waals surface area contributed by atoms with E-state index in [9.17, 15) is 4.79 Å². The number of fused-ring (bicyclic) bond motifs is 1. The molecule has 1 aliphatic carbocycles. The van der Waals surface area contributed by atoms with Gasteiger partial charge in [0.05, 0.1) is 19.8 Å². The Bertz CT molecular complexity index is 750. The summed E-state index contributed by atoms with van der Waals surface area (Å²) in [5.74, 6) is 0.352. The average molecular weight is 412 g/mol. The molecule has 5 rings (SSSR count). The highest BCUT2D eigenvalue weighted by Gasteiger charge is 2.62. The lowest BCUT2D eigenvalue weighted by Crippen LogP contribution is -2.58. The quantitative estimate of drug-likeness (QED) is 0.763. The maximum Gasteiger partial charge on any atom is 0.237 e. The van der Waals surface area contributed by atoms with Gasteiger partial charge in [-0.15, -0.1) is 0 Å². The van der Waals surface area contributed by atoms with Crippen LogP contribution in [0.5, 0.6) is 0 Å². The van der Waals surface area contributed by atoms with E-state index in [1.54, 1.807) is 0 Å². The van der Waals surface area contributed by atoms with Crippen LogP contribution in [0.1, 0.15) is 44.6 Å². The molecule has 1 amide bonds. The van der Waals surface area contributed by atoms with Crippen LogP contribution in [0, 0.1) is 5.41 Å². The largest absolute Gasteiger partial charge is 0.379 e. The van der Waals surface area contributed by atoms with Crippen LogP contribution in [-0.4, -0.2) is 84.7 Å². The summed E-state index contributed by atoms with van der Waals surface area (Å²) < 4.78 is 5.50. The average Bonchev–Trinajstić information content (AvgIpc) is 2.90. The predicted octanol–water partition coefficient (Wildman–Crippen LogP) is 2.79. The molecule has 0 spiro atoms. The van der Waals surface area contributed by atoms with Crippen molar-refractivity contribution in [2.24, 2.45) is 5.41 Å². The Hall–Kier alpha value is -1.43. The zero-order valence-corrected chi connectivity index (χ0v) is 18.6. The van der Waals surface area contributed by atoms with Gasteiger partial charge in [-0.05, 0) is 38.3 Å². The van der Waals surface area contributed by atoms with E-state index in [1.807, 2.05) is 0 Å². The van der Waals surface area contributed by atoms with Gasteiger partial charge in [0, 0.05) is 42.7 Å². The third-order valence-corrected chi connectivity index (χ3v) is 8.57. The first-order valence-corrected chi connectivity index (χ1v) is 11.9. The van der Waals surface area contributed by atoms with Gasteiger partial charge < -0.3 is 9.64 Å². The summed E-state index contributed by atoms with van der Waals surface area (Å²) in [7, 11) is 2.33. The number of morpholine rings is 1. The van der Waals surface area contributed by atoms with E-state index in [2.05, 4.69) is 59.0 Å². The van der Waals surface area contributed by atoms with Gasteiger partial charge in [0.2, 0.25) is 5.91 Å². The fourth-order valence-electron chi connectivity index (χ4n) is 7.09. The van der Waals surface area contributed by atoms with Gasteiger partial charge in [0.25, 0.3) is 0 Å². The molecule has 164 valence electrons. The second-order valence-corrected chi connectivity index (χ2v) is 10.2. The molecule has 5 atom stereocenters. The van der Waals surface area contributed by atoms with Crippen molar-refractivity contribution in [3.05, 3.63) is 35.9 Å². The second kappa shape index (κ2) is 8.25. The maximum atomic E-state index is 13.7. The zero-order valence-electron chi connectivity index (χ0n) is 18.6. The van der Waals surface area contributed by atoms with Crippen LogP contribution in [-0.2, 0) is 16.0 Å². The number of likely N-dealkylation sites (tertiary alicyclic amines) is 2. The maximum absolute atomic E-state index is 13.7. The summed E-state index contributed by atoms with van der Waals surface area (Å²) in [6.07, 6.45) is 7.18. The minimum atomic E-state index is 0.226. The number of rotatable bonds is 4. The van der Waals surface area contributed by atoms with Gasteiger partial charge >= 0.3 is 0 Å². The lowest BCUT2D eigenvalue weighted by Gasteiger charge is -2.49. The molecule has 4 aliphatic rings. The van der Waals surface area contributed by atoms with Gasteiger partial charge in [-0.2, -0.15) is 0 Å². The van der Waals surface area contributed by atoms with E-state index in [4.69, 9.17) is 4.74 Å². The molecule has 0 radical (unpaired) electrons. The summed E-state index contributed by atoms with van der Waals surface area (Å²) in [4.78, 5) is 21.1. The third kappa shape index (κ3) is 3.49. The lowest BCUT2D eigenvalue weighted by atomic mass is 9.69. The molecule has 0 unspecified atom stereocenters. The lowest BCUT2D eigenvalue weighted by molar-refractivity contribution is -0.137. The smallest absolute Gasteiger partial charge is 0.237 e. The summed E-state index contributed by atoms with van der Waals surface area (Å²) in [5.41, 5.74) is 1.61. The van der Waals surface area contributed by atoms with E-state index in [1.165, 1.54) is 37.7 Å². The Morgan fingerprint density at radius 3 is 2.53 bits per heavy atom. The minimum absolute atomic E-state index is 0.226. The van der Waals surface area contributed by atoms with Crippen LogP contribution in [0.15, 0.2) is 30.3 Å². The molecule has 2 bridgehead atoms. The number of amides is 1. The van der Waals surface area contributed by atoms with Crippen molar-refractivity contribution in [3.63, 3.8) is 0 Å². The van der Waals surface area contributed by atoms with Crippen LogP contribution in [0.25, 0.3) is 0 Å². The molecule has 1 aromatic rings. The molecule has 3 aliphatic heterocycles. The van der Waals surface area contributed by atoms with Gasteiger partial charge in [-0.1, -0.05) is 50.1 Å². The Balaban J connectivity index is 1.45.